The van der Waals surface area contributed by atoms with Crippen LogP contribution < -0.4 is 0 Å². The lowest BCUT2D eigenvalue weighted by molar-refractivity contribution is 0.726. The average Bonchev–Trinajstić information content (AvgIpc) is 3.50. The smallest absolute Gasteiger partial charge is 0.147 e. The van der Waals surface area contributed by atoms with E-state index in [4.69, 9.17) is 4.98 Å². The van der Waals surface area contributed by atoms with Gasteiger partial charge in [0, 0.05) is 18.0 Å². The van der Waals surface area contributed by atoms with Gasteiger partial charge in [-0.2, -0.15) is 0 Å². The van der Waals surface area contributed by atoms with Crippen molar-refractivity contribution in [2.45, 2.75) is 5.41 Å². The number of nitrogens with zero attached hydrogens (tertiary/aromatic N) is 3. The average molecular weight is 562 g/mol. The molecule has 0 spiro atoms. The van der Waals surface area contributed by atoms with Crippen LogP contribution in [-0.2, 0) is 5.41 Å². The second-order valence-electron chi connectivity index (χ2n) is 11.4. The van der Waals surface area contributed by atoms with E-state index in [0.29, 0.717) is 0 Å². The third-order valence-electron chi connectivity index (χ3n) is 9.16. The molecule has 0 N–H and O–H groups in total. The summed E-state index contributed by atoms with van der Waals surface area (Å²) in [5.74, 6) is 0.898. The van der Waals surface area contributed by atoms with Crippen LogP contribution in [0.4, 0.5) is 0 Å². The number of fused-ring (bicyclic) bond motifs is 3. The summed E-state index contributed by atoms with van der Waals surface area (Å²) in [4.78, 5) is 9.71. The second kappa shape index (κ2) is 9.62. The van der Waals surface area contributed by atoms with Crippen molar-refractivity contribution in [1.82, 2.24) is 14.5 Å². The highest BCUT2D eigenvalue weighted by molar-refractivity contribution is 5.98. The molecule has 0 unspecified atom stereocenters. The predicted octanol–water partition coefficient (Wildman–Crippen LogP) is 9.60. The minimum Gasteiger partial charge on any atom is -0.292 e. The highest BCUT2D eigenvalue weighted by atomic mass is 15.1. The maximum Gasteiger partial charge on any atom is 0.147 e. The second-order valence-corrected chi connectivity index (χ2v) is 11.4. The summed E-state index contributed by atoms with van der Waals surface area (Å²) in [5.41, 5.74) is 11.0. The number of benzene rings is 6. The molecule has 6 aromatic carbocycles. The van der Waals surface area contributed by atoms with E-state index in [1.807, 2.05) is 18.5 Å². The largest absolute Gasteiger partial charge is 0.292 e. The molecule has 0 saturated carbocycles. The van der Waals surface area contributed by atoms with E-state index in [2.05, 4.69) is 155 Å². The molecule has 206 valence electrons. The van der Waals surface area contributed by atoms with Crippen molar-refractivity contribution in [3.8, 4) is 28.2 Å². The molecule has 9 rings (SSSR count). The summed E-state index contributed by atoms with van der Waals surface area (Å²) in [6.45, 7) is 0. The predicted molar refractivity (Wildman–Crippen MR) is 179 cm³/mol. The molecule has 3 nitrogen and oxygen atoms in total. The van der Waals surface area contributed by atoms with E-state index < -0.39 is 5.41 Å². The Bertz CT molecular complexity index is 2280. The summed E-state index contributed by atoms with van der Waals surface area (Å²) < 4.78 is 2.36. The van der Waals surface area contributed by atoms with E-state index in [0.717, 1.165) is 28.1 Å². The fraction of sp³-hybridized carbons (Fsp3) is 0.0244. The van der Waals surface area contributed by atoms with Crippen molar-refractivity contribution in [3.63, 3.8) is 0 Å². The number of rotatable bonds is 4. The molecule has 0 atom stereocenters. The number of hydrogen-bond donors (Lipinski definition) is 0. The van der Waals surface area contributed by atoms with Gasteiger partial charge in [0.25, 0.3) is 0 Å². The van der Waals surface area contributed by atoms with Crippen LogP contribution in [0.1, 0.15) is 22.3 Å². The topological polar surface area (TPSA) is 30.7 Å². The van der Waals surface area contributed by atoms with Crippen molar-refractivity contribution in [1.29, 1.82) is 0 Å². The van der Waals surface area contributed by atoms with E-state index in [1.54, 1.807) is 0 Å². The van der Waals surface area contributed by atoms with Crippen LogP contribution in [0.5, 0.6) is 0 Å². The molecule has 3 heteroatoms. The van der Waals surface area contributed by atoms with Gasteiger partial charge in [0.15, 0.2) is 0 Å². The lowest BCUT2D eigenvalue weighted by atomic mass is 9.63. The summed E-state index contributed by atoms with van der Waals surface area (Å²) >= 11 is 0. The van der Waals surface area contributed by atoms with Crippen LogP contribution in [-0.4, -0.2) is 14.5 Å². The Labute approximate surface area is 255 Å². The Balaban J connectivity index is 1.47. The van der Waals surface area contributed by atoms with Gasteiger partial charge in [0.05, 0.1) is 22.1 Å². The molecule has 2 aromatic heterocycles. The zero-order chi connectivity index (χ0) is 29.1. The van der Waals surface area contributed by atoms with Crippen LogP contribution >= 0.6 is 0 Å². The van der Waals surface area contributed by atoms with E-state index in [9.17, 15) is 0 Å². The van der Waals surface area contributed by atoms with Crippen molar-refractivity contribution in [2.24, 2.45) is 0 Å². The summed E-state index contributed by atoms with van der Waals surface area (Å²) in [5, 5.41) is 2.48. The van der Waals surface area contributed by atoms with Gasteiger partial charge in [-0.15, -0.1) is 0 Å². The minimum atomic E-state index is -0.569. The molecule has 0 fully saturated rings. The first-order chi connectivity index (χ1) is 21.8. The molecule has 0 bridgehead atoms. The fourth-order valence-electron chi connectivity index (χ4n) is 7.34. The van der Waals surface area contributed by atoms with Crippen molar-refractivity contribution in [3.05, 3.63) is 186 Å². The highest BCUT2D eigenvalue weighted by Crippen LogP contribution is 2.54. The fourth-order valence-corrected chi connectivity index (χ4v) is 7.34. The van der Waals surface area contributed by atoms with E-state index in [1.165, 1.54) is 44.2 Å². The molecule has 0 saturated heterocycles. The Morgan fingerprint density at radius 2 is 1.27 bits per heavy atom. The van der Waals surface area contributed by atoms with Crippen LogP contribution in [0.2, 0.25) is 0 Å². The van der Waals surface area contributed by atoms with E-state index >= 15 is 0 Å². The third kappa shape index (κ3) is 3.44. The van der Waals surface area contributed by atoms with Gasteiger partial charge in [0.2, 0.25) is 0 Å². The van der Waals surface area contributed by atoms with Gasteiger partial charge in [0.1, 0.15) is 5.82 Å². The SMILES string of the molecule is c1ccc(C2(c3ccccc3)c3cc(-c4cccc5ccccc45)ccc3-n3c(-c4cccnc4)nc4cccc2c43)cc1. The molecule has 0 amide bonds. The Morgan fingerprint density at radius 3 is 2.05 bits per heavy atom. The quantitative estimate of drug-likeness (QED) is 0.214. The zero-order valence-corrected chi connectivity index (χ0v) is 23.9. The van der Waals surface area contributed by atoms with Crippen LogP contribution in [0.15, 0.2) is 164 Å². The van der Waals surface area contributed by atoms with Gasteiger partial charge in [-0.25, -0.2) is 4.98 Å². The third-order valence-corrected chi connectivity index (χ3v) is 9.16. The number of para-hydroxylation sites is 1. The van der Waals surface area contributed by atoms with E-state index in [-0.39, 0.29) is 0 Å². The molecule has 0 aliphatic carbocycles. The van der Waals surface area contributed by atoms with Crippen molar-refractivity contribution < 1.29 is 0 Å². The molecular formula is C41H27N3. The van der Waals surface area contributed by atoms with Gasteiger partial charge in [-0.05, 0) is 74.5 Å². The number of aromatic nitrogens is 3. The number of imidazole rings is 1. The maximum absolute atomic E-state index is 5.25. The Morgan fingerprint density at radius 1 is 0.545 bits per heavy atom. The van der Waals surface area contributed by atoms with Gasteiger partial charge >= 0.3 is 0 Å². The van der Waals surface area contributed by atoms with Gasteiger partial charge in [-0.1, -0.05) is 121 Å². The first kappa shape index (κ1) is 24.8. The monoisotopic (exact) mass is 561 g/mol. The molecular weight excluding hydrogens is 534 g/mol. The van der Waals surface area contributed by atoms with Crippen molar-refractivity contribution in [2.75, 3.05) is 0 Å². The minimum absolute atomic E-state index is 0.569. The zero-order valence-electron chi connectivity index (χ0n) is 23.9. The molecule has 1 aliphatic rings. The maximum atomic E-state index is 5.25. The van der Waals surface area contributed by atoms with Crippen LogP contribution in [0.25, 0.3) is 50.0 Å². The lowest BCUT2D eigenvalue weighted by Gasteiger charge is -2.42. The molecule has 3 heterocycles. The van der Waals surface area contributed by atoms with Gasteiger partial charge in [-0.3, -0.25) is 9.55 Å². The first-order valence-electron chi connectivity index (χ1n) is 15.0. The molecule has 0 radical (unpaired) electrons. The Kier molecular flexibility index (Phi) is 5.41. The Hall–Kier alpha value is -5.80. The first-order valence-corrected chi connectivity index (χ1v) is 15.0. The molecule has 1 aliphatic heterocycles. The standard InChI is InChI=1S/C41H27N3/c1-3-15-31(16-4-1)41(32-17-5-2-6-18-32)35-21-10-22-37-39(35)44(40(43-37)30-14-11-25-42-27-30)38-24-23-29(26-36(38)41)34-20-9-13-28-12-7-8-19-33(28)34/h1-27H. The number of hydrogen-bond acceptors (Lipinski definition) is 2. The highest BCUT2D eigenvalue weighted by Gasteiger charge is 2.45. The summed E-state index contributed by atoms with van der Waals surface area (Å²) in [7, 11) is 0. The van der Waals surface area contributed by atoms with Crippen molar-refractivity contribution >= 4 is 21.8 Å². The summed E-state index contributed by atoms with van der Waals surface area (Å²) in [6.07, 6.45) is 3.72. The van der Waals surface area contributed by atoms with Crippen LogP contribution in [0.3, 0.4) is 0 Å². The summed E-state index contributed by atoms with van der Waals surface area (Å²) in [6, 6.07) is 54.8. The molecule has 8 aromatic rings. The lowest BCUT2D eigenvalue weighted by Crippen LogP contribution is -2.35. The van der Waals surface area contributed by atoms with Gasteiger partial charge < -0.3 is 0 Å². The normalized spacial score (nSPS) is 13.2. The molecule has 44 heavy (non-hydrogen) atoms. The number of pyridine rings is 1. The van der Waals surface area contributed by atoms with Crippen LogP contribution in [0, 0.1) is 0 Å².